The van der Waals surface area contributed by atoms with Gasteiger partial charge >= 0.3 is 0 Å². The van der Waals surface area contributed by atoms with Crippen LogP contribution in [0.5, 0.6) is 0 Å². The molecule has 0 radical (unpaired) electrons. The molecule has 20 heavy (non-hydrogen) atoms. The minimum Gasteiger partial charge on any atom is -0.380 e. The number of hydrogen-bond donors (Lipinski definition) is 1. The number of piperazine rings is 1. The Morgan fingerprint density at radius 2 is 2.00 bits per heavy atom. The smallest absolute Gasteiger partial charge is 0.0593 e. The van der Waals surface area contributed by atoms with Crippen LogP contribution in [-0.2, 0) is 4.74 Å². The fourth-order valence-electron chi connectivity index (χ4n) is 3.77. The fraction of sp³-hybridized carbons (Fsp3) is 1.00. The Hall–Kier alpha value is -0.120. The van der Waals surface area contributed by atoms with Crippen LogP contribution in [-0.4, -0.2) is 49.3 Å². The van der Waals surface area contributed by atoms with Crippen LogP contribution in [0.15, 0.2) is 0 Å². The minimum atomic E-state index is 0.419. The van der Waals surface area contributed by atoms with Crippen LogP contribution in [0.2, 0.25) is 0 Å². The van der Waals surface area contributed by atoms with E-state index in [0.717, 1.165) is 19.8 Å². The quantitative estimate of drug-likeness (QED) is 0.758. The number of nitrogens with one attached hydrogen (secondary N) is 1. The zero-order valence-corrected chi connectivity index (χ0v) is 13.8. The van der Waals surface area contributed by atoms with E-state index in [2.05, 4.69) is 31.0 Å². The van der Waals surface area contributed by atoms with E-state index in [0.29, 0.717) is 17.5 Å². The lowest BCUT2D eigenvalue weighted by molar-refractivity contribution is 0.0216. The topological polar surface area (TPSA) is 24.5 Å². The van der Waals surface area contributed by atoms with Crippen molar-refractivity contribution < 1.29 is 4.74 Å². The second-order valence-electron chi connectivity index (χ2n) is 7.22. The Kier molecular flexibility index (Phi) is 6.31. The summed E-state index contributed by atoms with van der Waals surface area (Å²) in [4.78, 5) is 2.70. The highest BCUT2D eigenvalue weighted by Crippen LogP contribution is 2.32. The van der Waals surface area contributed by atoms with Crippen LogP contribution in [0.25, 0.3) is 0 Å². The lowest BCUT2D eigenvalue weighted by atomic mass is 9.79. The van der Waals surface area contributed by atoms with Gasteiger partial charge in [-0.1, -0.05) is 40.0 Å². The van der Waals surface area contributed by atoms with E-state index in [1.54, 1.807) is 0 Å². The van der Waals surface area contributed by atoms with Crippen LogP contribution in [0.1, 0.15) is 59.3 Å². The fourth-order valence-corrected chi connectivity index (χ4v) is 3.77. The second kappa shape index (κ2) is 7.77. The van der Waals surface area contributed by atoms with Crippen LogP contribution < -0.4 is 5.32 Å². The predicted octanol–water partition coefficient (Wildman–Crippen LogP) is 3.05. The van der Waals surface area contributed by atoms with Crippen molar-refractivity contribution >= 4 is 0 Å². The number of nitrogens with zero attached hydrogens (tertiary/aromatic N) is 1. The minimum absolute atomic E-state index is 0.419. The van der Waals surface area contributed by atoms with Crippen LogP contribution in [0.3, 0.4) is 0 Å². The van der Waals surface area contributed by atoms with Crippen LogP contribution >= 0.6 is 0 Å². The molecule has 2 rings (SSSR count). The Morgan fingerprint density at radius 3 is 2.65 bits per heavy atom. The van der Waals surface area contributed by atoms with Crippen molar-refractivity contribution in [2.75, 3.05) is 32.8 Å². The molecule has 0 aromatic carbocycles. The molecule has 1 aliphatic heterocycles. The van der Waals surface area contributed by atoms with E-state index in [-0.39, 0.29) is 0 Å². The molecule has 1 saturated heterocycles. The zero-order valence-electron chi connectivity index (χ0n) is 13.8. The normalized spacial score (nSPS) is 27.3. The highest BCUT2D eigenvalue weighted by Gasteiger charge is 2.38. The predicted molar refractivity (Wildman–Crippen MR) is 85.1 cm³/mol. The van der Waals surface area contributed by atoms with E-state index in [9.17, 15) is 0 Å². The van der Waals surface area contributed by atoms with Crippen molar-refractivity contribution in [2.24, 2.45) is 5.92 Å². The molecule has 0 aromatic rings. The van der Waals surface area contributed by atoms with Crippen molar-refractivity contribution in [3.63, 3.8) is 0 Å². The summed E-state index contributed by atoms with van der Waals surface area (Å²) in [5.41, 5.74) is 0.419. The van der Waals surface area contributed by atoms with Gasteiger partial charge in [-0.25, -0.2) is 0 Å². The monoisotopic (exact) mass is 282 g/mol. The largest absolute Gasteiger partial charge is 0.380 e. The summed E-state index contributed by atoms with van der Waals surface area (Å²) in [6.07, 6.45) is 8.22. The second-order valence-corrected chi connectivity index (χ2v) is 7.22. The molecule has 3 heteroatoms. The van der Waals surface area contributed by atoms with Crippen LogP contribution in [0, 0.1) is 5.92 Å². The van der Waals surface area contributed by atoms with Gasteiger partial charge in [0.1, 0.15) is 0 Å². The van der Waals surface area contributed by atoms with Gasteiger partial charge in [0.25, 0.3) is 0 Å². The molecule has 0 aromatic heterocycles. The molecule has 2 aliphatic rings. The first-order chi connectivity index (χ1) is 9.65. The van der Waals surface area contributed by atoms with Crippen molar-refractivity contribution in [3.8, 4) is 0 Å². The molecule has 1 atom stereocenters. The lowest BCUT2D eigenvalue weighted by Gasteiger charge is -2.49. The highest BCUT2D eigenvalue weighted by molar-refractivity contribution is 4.99. The maximum absolute atomic E-state index is 5.80. The van der Waals surface area contributed by atoms with Gasteiger partial charge in [-0.2, -0.15) is 0 Å². The SMILES string of the molecule is CCC1CNC2(CCCCC2)CN1CCOCC(C)C. The number of ether oxygens (including phenoxy) is 1. The third-order valence-corrected chi connectivity index (χ3v) is 4.99. The Morgan fingerprint density at radius 1 is 1.25 bits per heavy atom. The molecular formula is C17H34N2O. The van der Waals surface area contributed by atoms with E-state index in [1.807, 2.05) is 0 Å². The van der Waals surface area contributed by atoms with Crippen molar-refractivity contribution in [1.29, 1.82) is 0 Å². The average molecular weight is 282 g/mol. The summed E-state index contributed by atoms with van der Waals surface area (Å²) in [5.74, 6) is 0.643. The van der Waals surface area contributed by atoms with Crippen LogP contribution in [0.4, 0.5) is 0 Å². The molecule has 1 aliphatic carbocycles. The van der Waals surface area contributed by atoms with Gasteiger partial charge in [-0.15, -0.1) is 0 Å². The van der Waals surface area contributed by atoms with Gasteiger partial charge in [-0.3, -0.25) is 4.90 Å². The van der Waals surface area contributed by atoms with Gasteiger partial charge in [0.15, 0.2) is 0 Å². The van der Waals surface area contributed by atoms with Gasteiger partial charge in [0.2, 0.25) is 0 Å². The Balaban J connectivity index is 1.82. The molecule has 3 nitrogen and oxygen atoms in total. The summed E-state index contributed by atoms with van der Waals surface area (Å²) in [6.45, 7) is 12.0. The van der Waals surface area contributed by atoms with Gasteiger partial charge < -0.3 is 10.1 Å². The maximum Gasteiger partial charge on any atom is 0.0593 e. The number of hydrogen-bond acceptors (Lipinski definition) is 3. The van der Waals surface area contributed by atoms with E-state index >= 15 is 0 Å². The molecule has 1 N–H and O–H groups in total. The third-order valence-electron chi connectivity index (χ3n) is 4.99. The summed E-state index contributed by atoms with van der Waals surface area (Å²) < 4.78 is 5.80. The van der Waals surface area contributed by atoms with Crippen molar-refractivity contribution in [3.05, 3.63) is 0 Å². The highest BCUT2D eigenvalue weighted by atomic mass is 16.5. The zero-order chi connectivity index (χ0) is 14.4. The van der Waals surface area contributed by atoms with E-state index < -0.39 is 0 Å². The summed E-state index contributed by atoms with van der Waals surface area (Å²) in [7, 11) is 0. The first-order valence-corrected chi connectivity index (χ1v) is 8.72. The molecule has 1 heterocycles. The van der Waals surface area contributed by atoms with E-state index in [1.165, 1.54) is 51.6 Å². The summed E-state index contributed by atoms with van der Waals surface area (Å²) >= 11 is 0. The molecular weight excluding hydrogens is 248 g/mol. The molecule has 1 unspecified atom stereocenters. The Labute approximate surface area is 125 Å². The Bertz CT molecular complexity index is 274. The molecule has 2 fully saturated rings. The first kappa shape index (κ1) is 16.3. The summed E-state index contributed by atoms with van der Waals surface area (Å²) in [6, 6.07) is 0.699. The molecule has 1 saturated carbocycles. The van der Waals surface area contributed by atoms with Gasteiger partial charge in [-0.05, 0) is 25.2 Å². The van der Waals surface area contributed by atoms with E-state index in [4.69, 9.17) is 4.74 Å². The summed E-state index contributed by atoms with van der Waals surface area (Å²) in [5, 5.41) is 3.89. The van der Waals surface area contributed by atoms with Gasteiger partial charge in [0, 0.05) is 37.8 Å². The van der Waals surface area contributed by atoms with Crippen molar-refractivity contribution in [1.82, 2.24) is 10.2 Å². The average Bonchev–Trinajstić information content (AvgIpc) is 2.44. The molecule has 0 amide bonds. The lowest BCUT2D eigenvalue weighted by Crippen LogP contribution is -2.65. The first-order valence-electron chi connectivity index (χ1n) is 8.72. The molecule has 118 valence electrons. The molecule has 1 spiro atoms. The van der Waals surface area contributed by atoms with Gasteiger partial charge in [0.05, 0.1) is 6.61 Å². The standard InChI is InChI=1S/C17H34N2O/c1-4-16-12-18-17(8-6-5-7-9-17)14-19(16)10-11-20-13-15(2)3/h15-16,18H,4-14H2,1-3H3. The third kappa shape index (κ3) is 4.44. The van der Waals surface area contributed by atoms with Crippen molar-refractivity contribution in [2.45, 2.75) is 70.9 Å². The molecule has 0 bridgehead atoms. The number of rotatable bonds is 6. The maximum atomic E-state index is 5.80.